The average Bonchev–Trinajstić information content (AvgIpc) is 2.76. The highest BCUT2D eigenvalue weighted by molar-refractivity contribution is 5.89. The Morgan fingerprint density at radius 2 is 1.90 bits per heavy atom. The number of morpholine rings is 1. The third-order valence-corrected chi connectivity index (χ3v) is 4.99. The number of nitrogens with one attached hydrogen (secondary N) is 2. The van der Waals surface area contributed by atoms with Crippen LogP contribution in [0.5, 0.6) is 5.75 Å². The predicted octanol–water partition coefficient (Wildman–Crippen LogP) is 2.30. The molecule has 2 atom stereocenters. The fraction of sp³-hybridized carbons (Fsp3) is 0.364. The van der Waals surface area contributed by atoms with Crippen LogP contribution >= 0.6 is 0 Å². The summed E-state index contributed by atoms with van der Waals surface area (Å²) in [4.78, 5) is 25.8. The molecule has 8 heteroatoms. The fourth-order valence-electron chi connectivity index (χ4n) is 3.44. The monoisotopic (exact) mass is 413 g/mol. The minimum Gasteiger partial charge on any atom is -0.497 e. The number of carbonyl (C=O) groups is 2. The van der Waals surface area contributed by atoms with Crippen LogP contribution in [0.15, 0.2) is 48.5 Å². The number of nitrogens with zero attached hydrogens (tertiary/aromatic N) is 1. The van der Waals surface area contributed by atoms with Gasteiger partial charge in [0.15, 0.2) is 0 Å². The van der Waals surface area contributed by atoms with Gasteiger partial charge in [-0.15, -0.1) is 0 Å². The van der Waals surface area contributed by atoms with Crippen molar-refractivity contribution in [2.45, 2.75) is 25.6 Å². The summed E-state index contributed by atoms with van der Waals surface area (Å²) in [6, 6.07) is 13.9. The van der Waals surface area contributed by atoms with E-state index in [0.717, 1.165) is 16.9 Å². The predicted molar refractivity (Wildman–Crippen MR) is 112 cm³/mol. The van der Waals surface area contributed by atoms with Crippen molar-refractivity contribution in [1.29, 1.82) is 0 Å². The molecule has 3 amide bonds. The van der Waals surface area contributed by atoms with Gasteiger partial charge in [-0.3, -0.25) is 4.79 Å². The summed E-state index contributed by atoms with van der Waals surface area (Å²) in [6.45, 7) is 2.46. The number of ether oxygens (including phenoxy) is 2. The third-order valence-electron chi connectivity index (χ3n) is 4.99. The van der Waals surface area contributed by atoms with Crippen LogP contribution in [0.2, 0.25) is 0 Å². The smallest absolute Gasteiger partial charge is 0.319 e. The molecule has 1 saturated heterocycles. The van der Waals surface area contributed by atoms with E-state index in [9.17, 15) is 14.7 Å². The van der Waals surface area contributed by atoms with Crippen LogP contribution in [0.1, 0.15) is 24.2 Å². The van der Waals surface area contributed by atoms with E-state index in [1.54, 1.807) is 24.1 Å². The molecule has 8 nitrogen and oxygen atoms in total. The number of hydrogen-bond acceptors (Lipinski definition) is 5. The second-order valence-electron chi connectivity index (χ2n) is 6.96. The molecular weight excluding hydrogens is 386 g/mol. The molecule has 2 aromatic rings. The quantitative estimate of drug-likeness (QED) is 0.647. The number of carbonyl (C=O) groups excluding carboxylic acids is 2. The highest BCUT2D eigenvalue weighted by Crippen LogP contribution is 2.31. The van der Waals surface area contributed by atoms with Crippen molar-refractivity contribution in [1.82, 2.24) is 10.2 Å². The Hall–Kier alpha value is -3.10. The number of methoxy groups -OCH3 is 1. The summed E-state index contributed by atoms with van der Waals surface area (Å²) >= 11 is 0. The molecule has 160 valence electrons. The molecule has 0 spiro atoms. The molecule has 30 heavy (non-hydrogen) atoms. The first-order valence-corrected chi connectivity index (χ1v) is 9.85. The summed E-state index contributed by atoms with van der Waals surface area (Å²) in [5.74, 6) is 0.570. The molecule has 3 rings (SSSR count). The standard InChI is InChI=1S/C22H27N3O5/c1-3-23-22(28)24-17-8-6-16(7-9-17)21-19(13-26)25(20(27)14-30-21)12-15-4-10-18(29-2)11-5-15/h4-11,19,21,26H,3,12-14H2,1-2H3,(H2,23,24,28). The maximum Gasteiger partial charge on any atom is 0.319 e. The van der Waals surface area contributed by atoms with Crippen LogP contribution in [0.3, 0.4) is 0 Å². The maximum absolute atomic E-state index is 12.5. The summed E-state index contributed by atoms with van der Waals surface area (Å²) in [5.41, 5.74) is 2.40. The summed E-state index contributed by atoms with van der Waals surface area (Å²) in [7, 11) is 1.60. The second-order valence-corrected chi connectivity index (χ2v) is 6.96. The lowest BCUT2D eigenvalue weighted by Crippen LogP contribution is -2.52. The van der Waals surface area contributed by atoms with Crippen molar-refractivity contribution in [2.75, 3.05) is 32.2 Å². The molecule has 0 saturated carbocycles. The number of anilines is 1. The first-order chi connectivity index (χ1) is 14.5. The van der Waals surface area contributed by atoms with Gasteiger partial charge < -0.3 is 30.1 Å². The van der Waals surface area contributed by atoms with Crippen molar-refractivity contribution in [2.24, 2.45) is 0 Å². The van der Waals surface area contributed by atoms with Crippen molar-refractivity contribution < 1.29 is 24.2 Å². The van der Waals surface area contributed by atoms with Crippen molar-refractivity contribution in [3.63, 3.8) is 0 Å². The van der Waals surface area contributed by atoms with E-state index in [4.69, 9.17) is 9.47 Å². The van der Waals surface area contributed by atoms with Crippen LogP contribution < -0.4 is 15.4 Å². The van der Waals surface area contributed by atoms with E-state index < -0.39 is 12.1 Å². The van der Waals surface area contributed by atoms with Gasteiger partial charge in [-0.1, -0.05) is 24.3 Å². The molecule has 1 fully saturated rings. The average molecular weight is 413 g/mol. The van der Waals surface area contributed by atoms with Gasteiger partial charge in [-0.25, -0.2) is 4.79 Å². The molecule has 1 aliphatic heterocycles. The first-order valence-electron chi connectivity index (χ1n) is 9.85. The fourth-order valence-corrected chi connectivity index (χ4v) is 3.44. The molecule has 1 heterocycles. The number of benzene rings is 2. The highest BCUT2D eigenvalue weighted by atomic mass is 16.5. The number of amides is 3. The molecule has 0 radical (unpaired) electrons. The van der Waals surface area contributed by atoms with Crippen LogP contribution in [0.25, 0.3) is 0 Å². The van der Waals surface area contributed by atoms with Crippen LogP contribution in [-0.2, 0) is 16.1 Å². The molecular formula is C22H27N3O5. The van der Waals surface area contributed by atoms with Gasteiger partial charge in [-0.05, 0) is 42.3 Å². The van der Waals surface area contributed by atoms with E-state index >= 15 is 0 Å². The molecule has 1 aliphatic rings. The Morgan fingerprint density at radius 1 is 1.20 bits per heavy atom. The Kier molecular flexibility index (Phi) is 7.26. The zero-order chi connectivity index (χ0) is 21.5. The van der Waals surface area contributed by atoms with Gasteiger partial charge in [-0.2, -0.15) is 0 Å². The largest absolute Gasteiger partial charge is 0.497 e. The first kappa shape index (κ1) is 21.6. The third kappa shape index (κ3) is 5.08. The lowest BCUT2D eigenvalue weighted by molar-refractivity contribution is -0.162. The Bertz CT molecular complexity index is 854. The number of aliphatic hydroxyl groups excluding tert-OH is 1. The zero-order valence-electron chi connectivity index (χ0n) is 17.1. The maximum atomic E-state index is 12.5. The lowest BCUT2D eigenvalue weighted by atomic mass is 9.98. The summed E-state index contributed by atoms with van der Waals surface area (Å²) in [5, 5.41) is 15.5. The Labute approximate surface area is 175 Å². The topological polar surface area (TPSA) is 100 Å². The van der Waals surface area contributed by atoms with Crippen LogP contribution in [0, 0.1) is 0 Å². The lowest BCUT2D eigenvalue weighted by Gasteiger charge is -2.40. The SMILES string of the molecule is CCNC(=O)Nc1ccc(C2OCC(=O)N(Cc3ccc(OC)cc3)C2CO)cc1. The molecule has 2 aromatic carbocycles. The number of aliphatic hydroxyl groups is 1. The number of rotatable bonds is 7. The van der Waals surface area contributed by atoms with Gasteiger partial charge >= 0.3 is 6.03 Å². The van der Waals surface area contributed by atoms with Gasteiger partial charge in [0.25, 0.3) is 0 Å². The van der Waals surface area contributed by atoms with E-state index in [-0.39, 0.29) is 25.2 Å². The molecule has 0 bridgehead atoms. The normalized spacial score (nSPS) is 18.8. The minimum atomic E-state index is -0.518. The molecule has 3 N–H and O–H groups in total. The zero-order valence-corrected chi connectivity index (χ0v) is 17.1. The van der Waals surface area contributed by atoms with Gasteiger partial charge in [0.05, 0.1) is 19.8 Å². The van der Waals surface area contributed by atoms with E-state index in [1.165, 1.54) is 0 Å². The Balaban J connectivity index is 1.74. The van der Waals surface area contributed by atoms with E-state index in [1.807, 2.05) is 43.3 Å². The highest BCUT2D eigenvalue weighted by Gasteiger charge is 2.37. The van der Waals surface area contributed by atoms with Crippen molar-refractivity contribution in [3.8, 4) is 5.75 Å². The summed E-state index contributed by atoms with van der Waals surface area (Å²) < 4.78 is 10.9. The Morgan fingerprint density at radius 3 is 2.50 bits per heavy atom. The van der Waals surface area contributed by atoms with Crippen LogP contribution in [0.4, 0.5) is 10.5 Å². The number of hydrogen-bond donors (Lipinski definition) is 3. The van der Waals surface area contributed by atoms with E-state index in [0.29, 0.717) is 18.8 Å². The molecule has 2 unspecified atom stereocenters. The summed E-state index contributed by atoms with van der Waals surface area (Å²) in [6.07, 6.45) is -0.468. The van der Waals surface area contributed by atoms with Gasteiger partial charge in [0.1, 0.15) is 18.5 Å². The van der Waals surface area contributed by atoms with Crippen LogP contribution in [-0.4, -0.2) is 54.9 Å². The van der Waals surface area contributed by atoms with E-state index in [2.05, 4.69) is 10.6 Å². The van der Waals surface area contributed by atoms with Gasteiger partial charge in [0, 0.05) is 18.8 Å². The minimum absolute atomic E-state index is 0.0593. The second kappa shape index (κ2) is 10.1. The van der Waals surface area contributed by atoms with Crippen molar-refractivity contribution >= 4 is 17.6 Å². The number of urea groups is 1. The molecule has 0 aliphatic carbocycles. The molecule has 0 aromatic heterocycles. The van der Waals surface area contributed by atoms with Gasteiger partial charge in [0.2, 0.25) is 5.91 Å². The van der Waals surface area contributed by atoms with Crippen molar-refractivity contribution in [3.05, 3.63) is 59.7 Å².